The highest BCUT2D eigenvalue weighted by Gasteiger charge is 2.33. The van der Waals surface area contributed by atoms with Gasteiger partial charge in [-0.25, -0.2) is 4.98 Å². The lowest BCUT2D eigenvalue weighted by molar-refractivity contribution is 0.202. The molecule has 0 bridgehead atoms. The molecule has 1 aliphatic rings. The van der Waals surface area contributed by atoms with Crippen LogP contribution < -0.4 is 5.73 Å². The van der Waals surface area contributed by atoms with E-state index >= 15 is 0 Å². The van der Waals surface area contributed by atoms with Crippen molar-refractivity contribution in [1.82, 2.24) is 4.98 Å². The molecule has 1 aromatic heterocycles. The lowest BCUT2D eigenvalue weighted by atomic mass is 10.0. The minimum atomic E-state index is -0.263. The number of rotatable bonds is 5. The molecular formula is C12H20N2OS. The Morgan fingerprint density at radius 2 is 2.19 bits per heavy atom. The van der Waals surface area contributed by atoms with Crippen LogP contribution in [0.1, 0.15) is 48.2 Å². The summed E-state index contributed by atoms with van der Waals surface area (Å²) in [6.45, 7) is 4.86. The Morgan fingerprint density at radius 3 is 2.69 bits per heavy atom. The molecule has 1 aliphatic carbocycles. The molecule has 90 valence electrons. The zero-order chi connectivity index (χ0) is 11.8. The molecule has 1 aromatic rings. The molecule has 0 spiro atoms. The Morgan fingerprint density at radius 1 is 1.50 bits per heavy atom. The molecule has 0 atom stereocenters. The van der Waals surface area contributed by atoms with E-state index in [-0.39, 0.29) is 5.54 Å². The number of thiazole rings is 1. The molecule has 0 saturated heterocycles. The fraction of sp³-hybridized carbons (Fsp3) is 0.750. The van der Waals surface area contributed by atoms with E-state index in [1.54, 1.807) is 18.4 Å². The molecule has 2 rings (SSSR count). The molecule has 0 aromatic carbocycles. The summed E-state index contributed by atoms with van der Waals surface area (Å²) >= 11 is 1.76. The molecule has 0 radical (unpaired) electrons. The fourth-order valence-electron chi connectivity index (χ4n) is 1.77. The van der Waals surface area contributed by atoms with Crippen LogP contribution in [-0.2, 0) is 16.7 Å². The van der Waals surface area contributed by atoms with E-state index in [1.807, 2.05) is 0 Å². The zero-order valence-corrected chi connectivity index (χ0v) is 11.1. The van der Waals surface area contributed by atoms with Crippen molar-refractivity contribution in [3.05, 3.63) is 15.6 Å². The van der Waals surface area contributed by atoms with Gasteiger partial charge < -0.3 is 10.5 Å². The smallest absolute Gasteiger partial charge is 0.0954 e. The third-order valence-electron chi connectivity index (χ3n) is 2.77. The summed E-state index contributed by atoms with van der Waals surface area (Å²) in [5.74, 6) is 0.672. The molecule has 1 heterocycles. The third kappa shape index (κ3) is 2.62. The largest absolute Gasteiger partial charge is 0.384 e. The van der Waals surface area contributed by atoms with Crippen LogP contribution in [0.5, 0.6) is 0 Å². The summed E-state index contributed by atoms with van der Waals surface area (Å²) in [6.07, 6.45) is 3.45. The standard InChI is InChI=1S/C12H20N2OS/c1-12(2,13)11-10(8-4-5-8)14-9(16-11)6-7-15-3/h8H,4-7,13H2,1-3H3. The van der Waals surface area contributed by atoms with Gasteiger partial charge in [0.05, 0.1) is 17.3 Å². The van der Waals surface area contributed by atoms with Crippen LogP contribution in [0.2, 0.25) is 0 Å². The Labute approximate surface area is 101 Å². The summed E-state index contributed by atoms with van der Waals surface area (Å²) < 4.78 is 5.09. The van der Waals surface area contributed by atoms with Gasteiger partial charge in [-0.2, -0.15) is 0 Å². The lowest BCUT2D eigenvalue weighted by Gasteiger charge is -2.17. The number of hydrogen-bond donors (Lipinski definition) is 1. The highest BCUT2D eigenvalue weighted by Crippen LogP contribution is 2.45. The van der Waals surface area contributed by atoms with E-state index in [4.69, 9.17) is 15.5 Å². The Kier molecular flexibility index (Phi) is 3.33. The van der Waals surface area contributed by atoms with Gasteiger partial charge in [0, 0.05) is 29.9 Å². The average Bonchev–Trinajstić information content (AvgIpc) is 2.94. The summed E-state index contributed by atoms with van der Waals surface area (Å²) in [7, 11) is 1.73. The van der Waals surface area contributed by atoms with Crippen LogP contribution in [0.25, 0.3) is 0 Å². The van der Waals surface area contributed by atoms with Crippen molar-refractivity contribution in [3.63, 3.8) is 0 Å². The first-order valence-electron chi connectivity index (χ1n) is 5.80. The van der Waals surface area contributed by atoms with Gasteiger partial charge in [-0.1, -0.05) is 0 Å². The first-order chi connectivity index (χ1) is 7.52. The summed E-state index contributed by atoms with van der Waals surface area (Å²) in [4.78, 5) is 6.00. The molecule has 1 saturated carbocycles. The fourth-order valence-corrected chi connectivity index (χ4v) is 2.91. The molecule has 16 heavy (non-hydrogen) atoms. The maximum absolute atomic E-state index is 6.20. The van der Waals surface area contributed by atoms with Crippen molar-refractivity contribution < 1.29 is 4.74 Å². The van der Waals surface area contributed by atoms with Gasteiger partial charge in [-0.3, -0.25) is 0 Å². The SMILES string of the molecule is COCCc1nc(C2CC2)c(C(C)(C)N)s1. The highest BCUT2D eigenvalue weighted by molar-refractivity contribution is 7.11. The van der Waals surface area contributed by atoms with Crippen molar-refractivity contribution in [3.8, 4) is 0 Å². The number of nitrogens with zero attached hydrogens (tertiary/aromatic N) is 1. The van der Waals surface area contributed by atoms with Gasteiger partial charge in [0.25, 0.3) is 0 Å². The van der Waals surface area contributed by atoms with Gasteiger partial charge in [0.2, 0.25) is 0 Å². The summed E-state index contributed by atoms with van der Waals surface area (Å²) in [6, 6.07) is 0. The summed E-state index contributed by atoms with van der Waals surface area (Å²) in [5, 5.41) is 1.16. The van der Waals surface area contributed by atoms with Gasteiger partial charge in [-0.05, 0) is 26.7 Å². The highest BCUT2D eigenvalue weighted by atomic mass is 32.1. The topological polar surface area (TPSA) is 48.1 Å². The minimum absolute atomic E-state index is 0.263. The van der Waals surface area contributed by atoms with E-state index in [2.05, 4.69) is 13.8 Å². The van der Waals surface area contributed by atoms with Crippen molar-refractivity contribution >= 4 is 11.3 Å². The number of aromatic nitrogens is 1. The molecule has 0 unspecified atom stereocenters. The van der Waals surface area contributed by atoms with Gasteiger partial charge in [0.15, 0.2) is 0 Å². The minimum Gasteiger partial charge on any atom is -0.384 e. The second-order valence-electron chi connectivity index (χ2n) is 5.06. The molecular weight excluding hydrogens is 220 g/mol. The number of nitrogens with two attached hydrogens (primary N) is 1. The second kappa shape index (κ2) is 4.43. The van der Waals surface area contributed by atoms with Crippen LogP contribution in [0.3, 0.4) is 0 Å². The van der Waals surface area contributed by atoms with Crippen LogP contribution in [0, 0.1) is 0 Å². The Hall–Kier alpha value is -0.450. The van der Waals surface area contributed by atoms with Crippen molar-refractivity contribution in [2.75, 3.05) is 13.7 Å². The molecule has 1 fully saturated rings. The normalized spacial score (nSPS) is 16.8. The Balaban J connectivity index is 2.23. The quantitative estimate of drug-likeness (QED) is 0.859. The molecule has 4 heteroatoms. The van der Waals surface area contributed by atoms with Gasteiger partial charge >= 0.3 is 0 Å². The number of ether oxygens (including phenoxy) is 1. The molecule has 2 N–H and O–H groups in total. The first kappa shape index (κ1) is 12.0. The third-order valence-corrected chi connectivity index (χ3v) is 4.24. The number of hydrogen-bond acceptors (Lipinski definition) is 4. The molecule has 3 nitrogen and oxygen atoms in total. The van der Waals surface area contributed by atoms with Gasteiger partial charge in [0.1, 0.15) is 0 Å². The van der Waals surface area contributed by atoms with Crippen LogP contribution >= 0.6 is 11.3 Å². The van der Waals surface area contributed by atoms with E-state index in [0.717, 1.165) is 18.0 Å². The monoisotopic (exact) mass is 240 g/mol. The first-order valence-corrected chi connectivity index (χ1v) is 6.62. The van der Waals surface area contributed by atoms with Crippen molar-refractivity contribution in [2.45, 2.75) is 44.6 Å². The van der Waals surface area contributed by atoms with E-state index in [0.29, 0.717) is 5.92 Å². The van der Waals surface area contributed by atoms with Crippen molar-refractivity contribution in [1.29, 1.82) is 0 Å². The van der Waals surface area contributed by atoms with E-state index in [1.165, 1.54) is 23.4 Å². The summed E-state index contributed by atoms with van der Waals surface area (Å²) in [5.41, 5.74) is 7.19. The van der Waals surface area contributed by atoms with Crippen molar-refractivity contribution in [2.24, 2.45) is 5.73 Å². The van der Waals surface area contributed by atoms with Gasteiger partial charge in [-0.15, -0.1) is 11.3 Å². The maximum Gasteiger partial charge on any atom is 0.0954 e. The second-order valence-corrected chi connectivity index (χ2v) is 6.14. The Bertz CT molecular complexity index is 364. The molecule has 0 amide bonds. The molecule has 0 aliphatic heterocycles. The predicted molar refractivity (Wildman–Crippen MR) is 66.9 cm³/mol. The number of methoxy groups -OCH3 is 1. The van der Waals surface area contributed by atoms with E-state index < -0.39 is 0 Å². The zero-order valence-electron chi connectivity index (χ0n) is 10.2. The maximum atomic E-state index is 6.20. The van der Waals surface area contributed by atoms with Crippen LogP contribution in [-0.4, -0.2) is 18.7 Å². The van der Waals surface area contributed by atoms with Crippen LogP contribution in [0.15, 0.2) is 0 Å². The van der Waals surface area contributed by atoms with E-state index in [9.17, 15) is 0 Å². The lowest BCUT2D eigenvalue weighted by Crippen LogP contribution is -2.28. The predicted octanol–water partition coefficient (Wildman–Crippen LogP) is 2.40. The average molecular weight is 240 g/mol. The van der Waals surface area contributed by atoms with Crippen LogP contribution in [0.4, 0.5) is 0 Å².